The van der Waals surface area contributed by atoms with Gasteiger partial charge in [0.25, 0.3) is 5.91 Å². The number of amides is 1. The minimum Gasteiger partial charge on any atom is -0.496 e. The van der Waals surface area contributed by atoms with Gasteiger partial charge in [0.05, 0.1) is 12.7 Å². The molecule has 0 aliphatic rings. The Morgan fingerprint density at radius 3 is 2.88 bits per heavy atom. The number of terminal acetylenes is 1. The highest BCUT2D eigenvalue weighted by Gasteiger charge is 2.18. The summed E-state index contributed by atoms with van der Waals surface area (Å²) in [6, 6.07) is 5.58. The largest absolute Gasteiger partial charge is 0.496 e. The summed E-state index contributed by atoms with van der Waals surface area (Å²) >= 11 is 1.08. The normalized spacial score (nSPS) is 10.1. The second kappa shape index (κ2) is 7.07. The molecule has 1 amide bonds. The van der Waals surface area contributed by atoms with Crippen molar-refractivity contribution in [2.45, 2.75) is 0 Å². The predicted octanol–water partition coefficient (Wildman–Crippen LogP) is 2.98. The maximum absolute atomic E-state index is 13.7. The summed E-state index contributed by atoms with van der Waals surface area (Å²) in [6.07, 6.45) is 8.18. The number of nitrogens with one attached hydrogen (secondary N) is 1. The van der Waals surface area contributed by atoms with Gasteiger partial charge in [0, 0.05) is 23.5 Å². The molecule has 0 unspecified atom stereocenters. The molecule has 25 heavy (non-hydrogen) atoms. The number of hydrogen-bond donors (Lipinski definition) is 1. The van der Waals surface area contributed by atoms with Crippen LogP contribution in [0.4, 0.5) is 9.52 Å². The molecule has 0 bridgehead atoms. The van der Waals surface area contributed by atoms with Crippen LogP contribution < -0.4 is 10.1 Å². The van der Waals surface area contributed by atoms with Crippen LogP contribution in [0, 0.1) is 18.2 Å². The Morgan fingerprint density at radius 1 is 1.32 bits per heavy atom. The number of benzene rings is 1. The van der Waals surface area contributed by atoms with Crippen LogP contribution in [0.2, 0.25) is 0 Å². The lowest BCUT2D eigenvalue weighted by atomic mass is 10.0. The quantitative estimate of drug-likeness (QED) is 0.729. The van der Waals surface area contributed by atoms with Crippen LogP contribution in [-0.4, -0.2) is 28.2 Å². The van der Waals surface area contributed by atoms with E-state index in [1.54, 1.807) is 0 Å². The van der Waals surface area contributed by atoms with Crippen LogP contribution in [0.3, 0.4) is 0 Å². The zero-order chi connectivity index (χ0) is 17.8. The van der Waals surface area contributed by atoms with Gasteiger partial charge in [-0.15, -0.1) is 16.6 Å². The van der Waals surface area contributed by atoms with Crippen molar-refractivity contribution in [1.29, 1.82) is 0 Å². The highest BCUT2D eigenvalue weighted by molar-refractivity contribution is 7.15. The fraction of sp³-hybridized carbons (Fsp3) is 0.0588. The Labute approximate surface area is 146 Å². The maximum atomic E-state index is 13.7. The fourth-order valence-corrected chi connectivity index (χ4v) is 2.74. The molecular formula is C17H11FN4O2S. The summed E-state index contributed by atoms with van der Waals surface area (Å²) in [5.74, 6) is 1.88. The molecule has 124 valence electrons. The highest BCUT2D eigenvalue weighted by atomic mass is 32.1. The molecule has 3 rings (SSSR count). The van der Waals surface area contributed by atoms with Crippen LogP contribution >= 0.6 is 11.3 Å². The summed E-state index contributed by atoms with van der Waals surface area (Å²) in [6.45, 7) is 0. The van der Waals surface area contributed by atoms with Crippen molar-refractivity contribution < 1.29 is 13.9 Å². The van der Waals surface area contributed by atoms with Crippen molar-refractivity contribution in [2.75, 3.05) is 12.4 Å². The van der Waals surface area contributed by atoms with E-state index in [2.05, 4.69) is 26.4 Å². The van der Waals surface area contributed by atoms with Crippen molar-refractivity contribution in [3.8, 4) is 29.2 Å². The van der Waals surface area contributed by atoms with Crippen LogP contribution in [-0.2, 0) is 0 Å². The van der Waals surface area contributed by atoms with Crippen molar-refractivity contribution in [1.82, 2.24) is 15.2 Å². The summed E-state index contributed by atoms with van der Waals surface area (Å²) in [5, 5.41) is 10.8. The topological polar surface area (TPSA) is 77.0 Å². The zero-order valence-electron chi connectivity index (χ0n) is 13.0. The standard InChI is InChI=1S/C17H11FN4O2S/c1-3-15-21-22-17(25-15)20-16(23)11-6-7-19-9-13(11)12-8-10(18)4-5-14(12)24-2/h1,4-9H,2H3,(H,20,22,23). The van der Waals surface area contributed by atoms with Gasteiger partial charge in [-0.3, -0.25) is 15.1 Å². The van der Waals surface area contributed by atoms with Crippen LogP contribution in [0.25, 0.3) is 11.1 Å². The number of pyridine rings is 1. The monoisotopic (exact) mass is 354 g/mol. The van der Waals surface area contributed by atoms with Crippen molar-refractivity contribution in [3.05, 3.63) is 53.0 Å². The number of nitrogens with zero attached hydrogens (tertiary/aromatic N) is 3. The first-order chi connectivity index (χ1) is 12.1. The molecule has 8 heteroatoms. The number of anilines is 1. The zero-order valence-corrected chi connectivity index (χ0v) is 13.8. The Morgan fingerprint density at radius 2 is 2.16 bits per heavy atom. The molecule has 0 saturated carbocycles. The number of carbonyl (C=O) groups excluding carboxylic acids is 1. The number of aromatic nitrogens is 3. The highest BCUT2D eigenvalue weighted by Crippen LogP contribution is 2.33. The number of carbonyl (C=O) groups is 1. The first-order valence-corrected chi connectivity index (χ1v) is 7.83. The Hall–Kier alpha value is -3.31. The van der Waals surface area contributed by atoms with Gasteiger partial charge in [-0.2, -0.15) is 0 Å². The second-order valence-corrected chi connectivity index (χ2v) is 5.75. The molecule has 2 aromatic heterocycles. The van der Waals surface area contributed by atoms with E-state index in [0.717, 1.165) is 11.3 Å². The number of halogens is 1. The maximum Gasteiger partial charge on any atom is 0.258 e. The van der Waals surface area contributed by atoms with Gasteiger partial charge < -0.3 is 4.74 Å². The summed E-state index contributed by atoms with van der Waals surface area (Å²) in [5.41, 5.74) is 1.14. The van der Waals surface area contributed by atoms with Crippen molar-refractivity contribution in [2.24, 2.45) is 0 Å². The first kappa shape index (κ1) is 16.5. The molecule has 3 aromatic rings. The SMILES string of the molecule is C#Cc1nnc(NC(=O)c2ccncc2-c2cc(F)ccc2OC)s1. The average Bonchev–Trinajstić information content (AvgIpc) is 3.09. The molecular weight excluding hydrogens is 343 g/mol. The number of hydrogen-bond acceptors (Lipinski definition) is 6. The van der Waals surface area contributed by atoms with Gasteiger partial charge in [0.15, 0.2) is 5.01 Å². The molecule has 0 radical (unpaired) electrons. The molecule has 6 nitrogen and oxygen atoms in total. The van der Waals surface area contributed by atoms with E-state index >= 15 is 0 Å². The predicted molar refractivity (Wildman–Crippen MR) is 92.0 cm³/mol. The van der Waals surface area contributed by atoms with Gasteiger partial charge >= 0.3 is 0 Å². The van der Waals surface area contributed by atoms with E-state index in [0.29, 0.717) is 21.9 Å². The molecule has 0 atom stereocenters. The molecule has 0 saturated heterocycles. The lowest BCUT2D eigenvalue weighted by Crippen LogP contribution is -2.13. The van der Waals surface area contributed by atoms with Crippen molar-refractivity contribution in [3.63, 3.8) is 0 Å². The molecule has 0 fully saturated rings. The van der Waals surface area contributed by atoms with Crippen LogP contribution in [0.15, 0.2) is 36.7 Å². The third-order valence-corrected chi connectivity index (χ3v) is 4.06. The van der Waals surface area contributed by atoms with Crippen LogP contribution in [0.5, 0.6) is 5.75 Å². The van der Waals surface area contributed by atoms with Gasteiger partial charge in [-0.1, -0.05) is 11.3 Å². The third kappa shape index (κ3) is 3.46. The van der Waals surface area contributed by atoms with E-state index in [1.165, 1.54) is 43.8 Å². The van der Waals surface area contributed by atoms with Gasteiger partial charge in [0.2, 0.25) is 5.13 Å². The Bertz CT molecular complexity index is 981. The van der Waals surface area contributed by atoms with E-state index in [-0.39, 0.29) is 10.7 Å². The third-order valence-electron chi connectivity index (χ3n) is 3.29. The van der Waals surface area contributed by atoms with Crippen LogP contribution in [0.1, 0.15) is 15.4 Å². The second-order valence-electron chi connectivity index (χ2n) is 4.78. The van der Waals surface area contributed by atoms with E-state index in [9.17, 15) is 9.18 Å². The van der Waals surface area contributed by atoms with Gasteiger partial charge in [-0.25, -0.2) is 4.39 Å². The minimum atomic E-state index is -0.450. The van der Waals surface area contributed by atoms with E-state index in [1.807, 2.05) is 0 Å². The number of methoxy groups -OCH3 is 1. The summed E-state index contributed by atoms with van der Waals surface area (Å²) < 4.78 is 18.9. The number of ether oxygens (including phenoxy) is 1. The van der Waals surface area contributed by atoms with Crippen molar-refractivity contribution >= 4 is 22.4 Å². The van der Waals surface area contributed by atoms with E-state index in [4.69, 9.17) is 11.2 Å². The molecule has 1 aromatic carbocycles. The molecule has 0 aliphatic heterocycles. The molecule has 0 spiro atoms. The number of rotatable bonds is 4. The lowest BCUT2D eigenvalue weighted by molar-refractivity contribution is 0.102. The smallest absolute Gasteiger partial charge is 0.258 e. The fourth-order valence-electron chi connectivity index (χ4n) is 2.19. The lowest BCUT2D eigenvalue weighted by Gasteiger charge is -2.12. The average molecular weight is 354 g/mol. The summed E-state index contributed by atoms with van der Waals surface area (Å²) in [7, 11) is 1.47. The summed E-state index contributed by atoms with van der Waals surface area (Å²) in [4.78, 5) is 16.6. The molecule has 0 aliphatic carbocycles. The van der Waals surface area contributed by atoms with E-state index < -0.39 is 11.7 Å². The molecule has 2 heterocycles. The Balaban J connectivity index is 2.00. The first-order valence-electron chi connectivity index (χ1n) is 7.01. The van der Waals surface area contributed by atoms with Gasteiger partial charge in [0.1, 0.15) is 11.6 Å². The molecule has 1 N–H and O–H groups in total. The Kier molecular flexibility index (Phi) is 4.68. The minimum absolute atomic E-state index is 0.270. The van der Waals surface area contributed by atoms with Gasteiger partial charge in [-0.05, 0) is 30.2 Å².